The second kappa shape index (κ2) is 4.38. The van der Waals surface area contributed by atoms with Crippen molar-refractivity contribution in [2.24, 2.45) is 11.3 Å². The lowest BCUT2D eigenvalue weighted by atomic mass is 9.77. The Morgan fingerprint density at radius 2 is 1.94 bits per heavy atom. The highest BCUT2D eigenvalue weighted by atomic mass is 35.5. The van der Waals surface area contributed by atoms with Crippen LogP contribution in [0.5, 0.6) is 0 Å². The molecule has 16 heavy (non-hydrogen) atoms. The Morgan fingerprint density at radius 3 is 2.44 bits per heavy atom. The molecule has 1 N–H and O–H groups in total. The second-order valence-corrected chi connectivity index (χ2v) is 5.92. The molecule has 1 saturated carbocycles. The first-order chi connectivity index (χ1) is 7.50. The van der Waals surface area contributed by atoms with E-state index in [1.165, 1.54) is 12.8 Å². The van der Waals surface area contributed by atoms with Crippen molar-refractivity contribution in [2.45, 2.75) is 39.2 Å². The lowest BCUT2D eigenvalue weighted by Gasteiger charge is -2.31. The highest BCUT2D eigenvalue weighted by Gasteiger charge is 2.39. The number of aliphatic hydroxyl groups is 1. The zero-order chi connectivity index (χ0) is 11.8. The van der Waals surface area contributed by atoms with E-state index in [2.05, 4.69) is 13.8 Å². The van der Waals surface area contributed by atoms with Crippen molar-refractivity contribution < 1.29 is 5.11 Å². The van der Waals surface area contributed by atoms with Crippen LogP contribution in [0.1, 0.15) is 44.8 Å². The minimum atomic E-state index is -0.352. The van der Waals surface area contributed by atoms with Gasteiger partial charge in [0.1, 0.15) is 0 Å². The number of aliphatic hydroxyl groups excluding tert-OH is 1. The molecule has 2 atom stereocenters. The number of hydrogen-bond donors (Lipinski definition) is 1. The molecule has 1 aromatic rings. The predicted octanol–water partition coefficient (Wildman–Crippen LogP) is 4.20. The summed E-state index contributed by atoms with van der Waals surface area (Å²) in [4.78, 5) is 0. The molecule has 0 bridgehead atoms. The normalized spacial score (nSPS) is 25.6. The van der Waals surface area contributed by atoms with Gasteiger partial charge < -0.3 is 5.11 Å². The first-order valence-electron chi connectivity index (χ1n) is 5.94. The molecular weight excluding hydrogens is 220 g/mol. The van der Waals surface area contributed by atoms with Crippen LogP contribution in [0.4, 0.5) is 0 Å². The fourth-order valence-corrected chi connectivity index (χ4v) is 2.96. The standard InChI is InChI=1S/C14H19ClO/c1-14(2)9-3-4-12(14)13(16)10-5-7-11(15)8-6-10/h5-8,12-13,16H,3-4,9H2,1-2H3. The minimum Gasteiger partial charge on any atom is -0.388 e. The smallest absolute Gasteiger partial charge is 0.0823 e. The van der Waals surface area contributed by atoms with Gasteiger partial charge in [-0.25, -0.2) is 0 Å². The summed E-state index contributed by atoms with van der Waals surface area (Å²) in [6.07, 6.45) is 3.20. The molecule has 2 rings (SSSR count). The molecule has 0 spiro atoms. The molecule has 1 aliphatic rings. The minimum absolute atomic E-state index is 0.249. The van der Waals surface area contributed by atoms with Crippen LogP contribution in [-0.4, -0.2) is 5.11 Å². The maximum Gasteiger partial charge on any atom is 0.0823 e. The summed E-state index contributed by atoms with van der Waals surface area (Å²) in [5.41, 5.74) is 1.24. The van der Waals surface area contributed by atoms with E-state index in [-0.39, 0.29) is 11.5 Å². The average molecular weight is 239 g/mol. The first kappa shape index (κ1) is 11.9. The summed E-state index contributed by atoms with van der Waals surface area (Å²) in [6.45, 7) is 4.51. The van der Waals surface area contributed by atoms with Gasteiger partial charge in [0.2, 0.25) is 0 Å². The molecule has 0 saturated heterocycles. The Morgan fingerprint density at radius 1 is 1.31 bits per heavy atom. The largest absolute Gasteiger partial charge is 0.388 e. The van der Waals surface area contributed by atoms with Gasteiger partial charge in [0.25, 0.3) is 0 Å². The van der Waals surface area contributed by atoms with E-state index in [1.807, 2.05) is 24.3 Å². The van der Waals surface area contributed by atoms with E-state index in [1.54, 1.807) is 0 Å². The van der Waals surface area contributed by atoms with Crippen LogP contribution in [0.15, 0.2) is 24.3 Å². The van der Waals surface area contributed by atoms with Gasteiger partial charge >= 0.3 is 0 Å². The van der Waals surface area contributed by atoms with Crippen molar-refractivity contribution in [3.63, 3.8) is 0 Å². The van der Waals surface area contributed by atoms with Crippen molar-refractivity contribution in [2.75, 3.05) is 0 Å². The number of benzene rings is 1. The van der Waals surface area contributed by atoms with E-state index in [9.17, 15) is 5.11 Å². The Labute approximate surface area is 102 Å². The predicted molar refractivity (Wildman–Crippen MR) is 67.5 cm³/mol. The van der Waals surface area contributed by atoms with Crippen LogP contribution in [0.25, 0.3) is 0 Å². The number of hydrogen-bond acceptors (Lipinski definition) is 1. The molecule has 0 aliphatic heterocycles. The zero-order valence-electron chi connectivity index (χ0n) is 9.91. The molecule has 1 aliphatic carbocycles. The summed E-state index contributed by atoms with van der Waals surface area (Å²) < 4.78 is 0. The molecular formula is C14H19ClO. The average Bonchev–Trinajstić information content (AvgIpc) is 2.58. The van der Waals surface area contributed by atoms with E-state index in [0.717, 1.165) is 17.0 Å². The van der Waals surface area contributed by atoms with Crippen molar-refractivity contribution in [3.05, 3.63) is 34.9 Å². The molecule has 0 aromatic heterocycles. The van der Waals surface area contributed by atoms with Gasteiger partial charge in [0.05, 0.1) is 6.10 Å². The van der Waals surface area contributed by atoms with E-state index in [0.29, 0.717) is 5.92 Å². The van der Waals surface area contributed by atoms with Crippen molar-refractivity contribution >= 4 is 11.6 Å². The molecule has 0 amide bonds. The van der Waals surface area contributed by atoms with Gasteiger partial charge in [-0.3, -0.25) is 0 Å². The summed E-state index contributed by atoms with van der Waals surface area (Å²) in [7, 11) is 0. The Balaban J connectivity index is 2.18. The quantitative estimate of drug-likeness (QED) is 0.819. The van der Waals surface area contributed by atoms with Crippen LogP contribution >= 0.6 is 11.6 Å². The van der Waals surface area contributed by atoms with E-state index in [4.69, 9.17) is 11.6 Å². The topological polar surface area (TPSA) is 20.2 Å². The number of rotatable bonds is 2. The van der Waals surface area contributed by atoms with Crippen molar-refractivity contribution in [3.8, 4) is 0 Å². The molecule has 0 heterocycles. The molecule has 0 radical (unpaired) electrons. The lowest BCUT2D eigenvalue weighted by molar-refractivity contribution is 0.0531. The first-order valence-corrected chi connectivity index (χ1v) is 6.32. The number of halogens is 1. The van der Waals surface area contributed by atoms with Gasteiger partial charge in [0.15, 0.2) is 0 Å². The third-order valence-electron chi connectivity index (χ3n) is 3.93. The van der Waals surface area contributed by atoms with Crippen LogP contribution < -0.4 is 0 Å². The lowest BCUT2D eigenvalue weighted by Crippen LogP contribution is -2.24. The molecule has 1 nitrogen and oxygen atoms in total. The van der Waals surface area contributed by atoms with Crippen LogP contribution in [0.3, 0.4) is 0 Å². The van der Waals surface area contributed by atoms with Crippen LogP contribution in [-0.2, 0) is 0 Å². The summed E-state index contributed by atoms with van der Waals surface area (Å²) in [5.74, 6) is 0.369. The van der Waals surface area contributed by atoms with E-state index < -0.39 is 0 Å². The fourth-order valence-electron chi connectivity index (χ4n) is 2.83. The fraction of sp³-hybridized carbons (Fsp3) is 0.571. The SMILES string of the molecule is CC1(C)CCCC1C(O)c1ccc(Cl)cc1. The molecule has 1 fully saturated rings. The zero-order valence-corrected chi connectivity index (χ0v) is 10.7. The van der Waals surface area contributed by atoms with Crippen molar-refractivity contribution in [1.82, 2.24) is 0 Å². The van der Waals surface area contributed by atoms with Gasteiger partial charge in [-0.05, 0) is 41.9 Å². The highest BCUT2D eigenvalue weighted by molar-refractivity contribution is 6.30. The van der Waals surface area contributed by atoms with Gasteiger partial charge in [-0.1, -0.05) is 44.0 Å². The Bertz CT molecular complexity index is 356. The maximum atomic E-state index is 10.4. The van der Waals surface area contributed by atoms with Crippen molar-refractivity contribution in [1.29, 1.82) is 0 Å². The van der Waals surface area contributed by atoms with Crippen LogP contribution in [0, 0.1) is 11.3 Å². The van der Waals surface area contributed by atoms with Crippen LogP contribution in [0.2, 0.25) is 5.02 Å². The molecule has 2 unspecified atom stereocenters. The van der Waals surface area contributed by atoms with E-state index >= 15 is 0 Å². The van der Waals surface area contributed by atoms with Gasteiger partial charge in [0, 0.05) is 5.02 Å². The maximum absolute atomic E-state index is 10.4. The molecule has 88 valence electrons. The Kier molecular flexibility index (Phi) is 3.27. The summed E-state index contributed by atoms with van der Waals surface area (Å²) in [6, 6.07) is 7.56. The third kappa shape index (κ3) is 2.26. The summed E-state index contributed by atoms with van der Waals surface area (Å²) >= 11 is 5.85. The monoisotopic (exact) mass is 238 g/mol. The molecule has 1 aromatic carbocycles. The Hall–Kier alpha value is -0.530. The summed E-state index contributed by atoms with van der Waals surface area (Å²) in [5, 5.41) is 11.1. The van der Waals surface area contributed by atoms with Gasteiger partial charge in [-0.2, -0.15) is 0 Å². The van der Waals surface area contributed by atoms with Gasteiger partial charge in [-0.15, -0.1) is 0 Å². The molecule has 2 heteroatoms. The highest BCUT2D eigenvalue weighted by Crippen LogP contribution is 2.48. The second-order valence-electron chi connectivity index (χ2n) is 5.48. The third-order valence-corrected chi connectivity index (χ3v) is 4.18.